The van der Waals surface area contributed by atoms with Crippen LogP contribution in [0.2, 0.25) is 0 Å². The van der Waals surface area contributed by atoms with Crippen molar-refractivity contribution in [3.05, 3.63) is 23.7 Å². The second-order valence-electron chi connectivity index (χ2n) is 4.03. The van der Waals surface area contributed by atoms with Gasteiger partial charge in [0, 0.05) is 6.04 Å². The SMILES string of the molecule is CN(Cc1ccc(CO)o1)C1CCC1. The smallest absolute Gasteiger partial charge is 0.129 e. The Morgan fingerprint density at radius 1 is 1.43 bits per heavy atom. The summed E-state index contributed by atoms with van der Waals surface area (Å²) in [6, 6.07) is 4.52. The summed E-state index contributed by atoms with van der Waals surface area (Å²) >= 11 is 0. The van der Waals surface area contributed by atoms with E-state index in [0.717, 1.165) is 18.3 Å². The molecular formula is C11H17NO2. The Hall–Kier alpha value is -0.800. The summed E-state index contributed by atoms with van der Waals surface area (Å²) in [4.78, 5) is 2.32. The van der Waals surface area contributed by atoms with Crippen molar-refractivity contribution < 1.29 is 9.52 Å². The standard InChI is InChI=1S/C11H17NO2/c1-12(9-3-2-4-9)7-10-5-6-11(8-13)14-10/h5-6,9,13H,2-4,7-8H2,1H3. The third kappa shape index (κ3) is 1.99. The van der Waals surface area contributed by atoms with E-state index in [0.29, 0.717) is 5.76 Å². The van der Waals surface area contributed by atoms with E-state index in [4.69, 9.17) is 9.52 Å². The highest BCUT2D eigenvalue weighted by Crippen LogP contribution is 2.25. The molecule has 1 fully saturated rings. The average Bonchev–Trinajstić information content (AvgIpc) is 2.48. The summed E-state index contributed by atoms with van der Waals surface area (Å²) in [6.07, 6.45) is 3.98. The zero-order chi connectivity index (χ0) is 9.97. The fraction of sp³-hybridized carbons (Fsp3) is 0.636. The summed E-state index contributed by atoms with van der Waals surface area (Å²) in [5.74, 6) is 1.60. The molecule has 0 unspecified atom stereocenters. The maximum absolute atomic E-state index is 8.84. The van der Waals surface area contributed by atoms with Gasteiger partial charge in [0.25, 0.3) is 0 Å². The topological polar surface area (TPSA) is 36.6 Å². The Bertz CT molecular complexity index is 291. The van der Waals surface area contributed by atoms with Crippen LogP contribution in [0.25, 0.3) is 0 Å². The van der Waals surface area contributed by atoms with Gasteiger partial charge in [-0.15, -0.1) is 0 Å². The van der Waals surface area contributed by atoms with Crippen molar-refractivity contribution in [1.29, 1.82) is 0 Å². The molecule has 1 aliphatic rings. The second-order valence-corrected chi connectivity index (χ2v) is 4.03. The number of furan rings is 1. The highest BCUT2D eigenvalue weighted by molar-refractivity contribution is 5.06. The van der Waals surface area contributed by atoms with E-state index in [-0.39, 0.29) is 6.61 Å². The number of hydrogen-bond donors (Lipinski definition) is 1. The van der Waals surface area contributed by atoms with Crippen LogP contribution in [0.3, 0.4) is 0 Å². The van der Waals surface area contributed by atoms with Gasteiger partial charge < -0.3 is 9.52 Å². The molecule has 0 radical (unpaired) electrons. The van der Waals surface area contributed by atoms with Gasteiger partial charge >= 0.3 is 0 Å². The monoisotopic (exact) mass is 195 g/mol. The Balaban J connectivity index is 1.89. The third-order valence-electron chi connectivity index (χ3n) is 2.98. The second kappa shape index (κ2) is 4.15. The van der Waals surface area contributed by atoms with Gasteiger partial charge in [-0.3, -0.25) is 4.90 Å². The third-order valence-corrected chi connectivity index (χ3v) is 2.98. The van der Waals surface area contributed by atoms with Crippen molar-refractivity contribution in [2.24, 2.45) is 0 Å². The van der Waals surface area contributed by atoms with Crippen molar-refractivity contribution in [1.82, 2.24) is 4.90 Å². The molecule has 2 rings (SSSR count). The van der Waals surface area contributed by atoms with Crippen molar-refractivity contribution in [3.63, 3.8) is 0 Å². The van der Waals surface area contributed by atoms with Crippen molar-refractivity contribution in [2.45, 2.75) is 38.5 Å². The fourth-order valence-corrected chi connectivity index (χ4v) is 1.79. The van der Waals surface area contributed by atoms with Crippen molar-refractivity contribution in [2.75, 3.05) is 7.05 Å². The Morgan fingerprint density at radius 2 is 2.14 bits per heavy atom. The number of aliphatic hydroxyl groups excluding tert-OH is 1. The van der Waals surface area contributed by atoms with Crippen LogP contribution >= 0.6 is 0 Å². The highest BCUT2D eigenvalue weighted by atomic mass is 16.4. The van der Waals surface area contributed by atoms with Gasteiger partial charge in [-0.05, 0) is 32.0 Å². The molecule has 1 saturated carbocycles. The molecule has 0 spiro atoms. The molecule has 14 heavy (non-hydrogen) atoms. The number of rotatable bonds is 4. The maximum atomic E-state index is 8.84. The summed E-state index contributed by atoms with van der Waals surface area (Å²) in [5, 5.41) is 8.84. The zero-order valence-corrected chi connectivity index (χ0v) is 8.57. The lowest BCUT2D eigenvalue weighted by Crippen LogP contribution is -2.36. The van der Waals surface area contributed by atoms with Crippen LogP contribution in [0.4, 0.5) is 0 Å². The molecule has 3 heteroatoms. The first-order valence-electron chi connectivity index (χ1n) is 5.18. The Labute approximate surface area is 84.3 Å². The average molecular weight is 195 g/mol. The van der Waals surface area contributed by atoms with E-state index in [9.17, 15) is 0 Å². The largest absolute Gasteiger partial charge is 0.462 e. The van der Waals surface area contributed by atoms with Gasteiger partial charge in [0.15, 0.2) is 0 Å². The molecule has 1 N–H and O–H groups in total. The first kappa shape index (κ1) is 9.74. The quantitative estimate of drug-likeness (QED) is 0.795. The molecule has 0 aliphatic heterocycles. The minimum Gasteiger partial charge on any atom is -0.462 e. The molecule has 3 nitrogen and oxygen atoms in total. The summed E-state index contributed by atoms with van der Waals surface area (Å²) in [7, 11) is 2.13. The molecule has 0 aromatic carbocycles. The van der Waals surface area contributed by atoms with Crippen molar-refractivity contribution >= 4 is 0 Å². The van der Waals surface area contributed by atoms with Crippen LogP contribution in [0.1, 0.15) is 30.8 Å². The predicted molar refractivity (Wildman–Crippen MR) is 53.7 cm³/mol. The van der Waals surface area contributed by atoms with E-state index >= 15 is 0 Å². The van der Waals surface area contributed by atoms with Crippen LogP contribution in [0.5, 0.6) is 0 Å². The first-order chi connectivity index (χ1) is 6.79. The number of nitrogens with zero attached hydrogens (tertiary/aromatic N) is 1. The Morgan fingerprint density at radius 3 is 2.64 bits per heavy atom. The van der Waals surface area contributed by atoms with Crippen LogP contribution in [-0.4, -0.2) is 23.1 Å². The number of aliphatic hydroxyl groups is 1. The molecular weight excluding hydrogens is 178 g/mol. The lowest BCUT2D eigenvalue weighted by Gasteiger charge is -2.34. The van der Waals surface area contributed by atoms with Crippen LogP contribution in [0.15, 0.2) is 16.5 Å². The van der Waals surface area contributed by atoms with Crippen LogP contribution in [-0.2, 0) is 13.2 Å². The van der Waals surface area contributed by atoms with Gasteiger partial charge in [0.2, 0.25) is 0 Å². The van der Waals surface area contributed by atoms with Crippen LogP contribution in [0, 0.1) is 0 Å². The Kier molecular flexibility index (Phi) is 2.89. The van der Waals surface area contributed by atoms with Gasteiger partial charge in [-0.1, -0.05) is 6.42 Å². The normalized spacial score (nSPS) is 17.4. The van der Waals surface area contributed by atoms with Gasteiger partial charge in [0.1, 0.15) is 18.1 Å². The molecule has 0 bridgehead atoms. The summed E-state index contributed by atoms with van der Waals surface area (Å²) < 4.78 is 5.43. The molecule has 0 atom stereocenters. The van der Waals surface area contributed by atoms with E-state index < -0.39 is 0 Å². The molecule has 0 saturated heterocycles. The first-order valence-corrected chi connectivity index (χ1v) is 5.18. The lowest BCUT2D eigenvalue weighted by molar-refractivity contribution is 0.140. The fourth-order valence-electron chi connectivity index (χ4n) is 1.79. The lowest BCUT2D eigenvalue weighted by atomic mass is 9.92. The van der Waals surface area contributed by atoms with Gasteiger partial charge in [-0.25, -0.2) is 0 Å². The van der Waals surface area contributed by atoms with E-state index in [2.05, 4.69) is 11.9 Å². The van der Waals surface area contributed by atoms with Crippen LogP contribution < -0.4 is 0 Å². The van der Waals surface area contributed by atoms with E-state index in [1.54, 1.807) is 0 Å². The minimum absolute atomic E-state index is 0.00680. The zero-order valence-electron chi connectivity index (χ0n) is 8.57. The molecule has 1 aliphatic carbocycles. The summed E-state index contributed by atoms with van der Waals surface area (Å²) in [5.41, 5.74) is 0. The number of hydrogen-bond acceptors (Lipinski definition) is 3. The van der Waals surface area contributed by atoms with Gasteiger partial charge in [0.05, 0.1) is 6.54 Å². The molecule has 1 aromatic heterocycles. The van der Waals surface area contributed by atoms with Gasteiger partial charge in [-0.2, -0.15) is 0 Å². The molecule has 1 heterocycles. The molecule has 78 valence electrons. The minimum atomic E-state index is -0.00680. The van der Waals surface area contributed by atoms with E-state index in [1.165, 1.54) is 19.3 Å². The molecule has 0 amide bonds. The summed E-state index contributed by atoms with van der Waals surface area (Å²) in [6.45, 7) is 0.845. The van der Waals surface area contributed by atoms with Crippen molar-refractivity contribution in [3.8, 4) is 0 Å². The molecule has 1 aromatic rings. The van der Waals surface area contributed by atoms with E-state index in [1.807, 2.05) is 12.1 Å². The maximum Gasteiger partial charge on any atom is 0.129 e. The highest BCUT2D eigenvalue weighted by Gasteiger charge is 2.22. The predicted octanol–water partition coefficient (Wildman–Crippen LogP) is 1.76.